The standard InChI is InChI=1S/C8H14S7/c1-7(10-1)3-12-14-5-9-6-15-13-4-8-2-11-8/h7-8H,1-6H2. The molecule has 2 saturated heterocycles. The topological polar surface area (TPSA) is 0 Å². The third-order valence-corrected chi connectivity index (χ3v) is 11.2. The fraction of sp³-hybridized carbons (Fsp3) is 1.00. The van der Waals surface area contributed by atoms with Gasteiger partial charge in [-0.15, -0.1) is 11.8 Å². The van der Waals surface area contributed by atoms with Crippen molar-refractivity contribution in [2.75, 3.05) is 33.2 Å². The van der Waals surface area contributed by atoms with Crippen LogP contribution in [0.5, 0.6) is 0 Å². The first-order chi connectivity index (χ1) is 7.45. The second kappa shape index (κ2) is 8.53. The molecule has 2 heterocycles. The van der Waals surface area contributed by atoms with E-state index < -0.39 is 0 Å². The van der Waals surface area contributed by atoms with Gasteiger partial charge < -0.3 is 0 Å². The third-order valence-electron chi connectivity index (χ3n) is 1.74. The average molecular weight is 335 g/mol. The van der Waals surface area contributed by atoms with Crippen LogP contribution in [0.25, 0.3) is 0 Å². The van der Waals surface area contributed by atoms with E-state index in [4.69, 9.17) is 0 Å². The predicted molar refractivity (Wildman–Crippen MR) is 89.9 cm³/mol. The van der Waals surface area contributed by atoms with Gasteiger partial charge in [0, 0.05) is 33.5 Å². The van der Waals surface area contributed by atoms with Crippen LogP contribution in [0.1, 0.15) is 0 Å². The minimum atomic E-state index is 0.994. The Bertz CT molecular complexity index is 150. The molecule has 2 aliphatic heterocycles. The third kappa shape index (κ3) is 8.21. The van der Waals surface area contributed by atoms with Crippen LogP contribution in [0.3, 0.4) is 0 Å². The fourth-order valence-corrected chi connectivity index (χ4v) is 9.97. The molecule has 0 nitrogen and oxygen atoms in total. The van der Waals surface area contributed by atoms with Gasteiger partial charge in [-0.25, -0.2) is 0 Å². The maximum absolute atomic E-state index is 2.10. The highest BCUT2D eigenvalue weighted by Gasteiger charge is 2.22. The van der Waals surface area contributed by atoms with Crippen LogP contribution in [0.4, 0.5) is 0 Å². The second-order valence-corrected chi connectivity index (χ2v) is 12.6. The van der Waals surface area contributed by atoms with Crippen molar-refractivity contribution in [2.45, 2.75) is 10.5 Å². The van der Waals surface area contributed by atoms with E-state index in [2.05, 4.69) is 56.9 Å². The largest absolute Gasteiger partial charge is 0.156 e. The van der Waals surface area contributed by atoms with Gasteiger partial charge in [0.25, 0.3) is 0 Å². The molecule has 0 bridgehead atoms. The Morgan fingerprint density at radius 3 is 1.67 bits per heavy atom. The van der Waals surface area contributed by atoms with Gasteiger partial charge in [-0.1, -0.05) is 43.2 Å². The van der Waals surface area contributed by atoms with Crippen molar-refractivity contribution in [1.29, 1.82) is 0 Å². The second-order valence-electron chi connectivity index (χ2n) is 3.16. The highest BCUT2D eigenvalue weighted by Crippen LogP contribution is 2.39. The molecule has 0 aromatic rings. The highest BCUT2D eigenvalue weighted by molar-refractivity contribution is 8.80. The molecule has 0 aromatic heterocycles. The van der Waals surface area contributed by atoms with Crippen molar-refractivity contribution in [3.05, 3.63) is 0 Å². The van der Waals surface area contributed by atoms with E-state index in [-0.39, 0.29) is 0 Å². The summed E-state index contributed by atoms with van der Waals surface area (Å²) in [5, 5.41) is 4.50. The van der Waals surface area contributed by atoms with Crippen LogP contribution in [0, 0.1) is 0 Å². The van der Waals surface area contributed by atoms with Gasteiger partial charge in [-0.3, -0.25) is 0 Å². The molecule has 0 aromatic carbocycles. The average Bonchev–Trinajstić information content (AvgIpc) is 3.10. The van der Waals surface area contributed by atoms with E-state index in [1.807, 2.05) is 21.6 Å². The Hall–Kier alpha value is 2.45. The minimum absolute atomic E-state index is 0.994. The summed E-state index contributed by atoms with van der Waals surface area (Å²) >= 11 is 6.27. The van der Waals surface area contributed by atoms with Gasteiger partial charge in [0.1, 0.15) is 0 Å². The number of hydrogen-bond donors (Lipinski definition) is 0. The number of hydrogen-bond acceptors (Lipinski definition) is 7. The van der Waals surface area contributed by atoms with Crippen LogP contribution in [-0.2, 0) is 0 Å². The molecule has 2 aliphatic rings. The minimum Gasteiger partial charge on any atom is -0.156 e. The lowest BCUT2D eigenvalue weighted by Crippen LogP contribution is -1.84. The van der Waals surface area contributed by atoms with Crippen LogP contribution >= 0.6 is 78.5 Å². The molecular weight excluding hydrogens is 321 g/mol. The Morgan fingerprint density at radius 2 is 1.27 bits per heavy atom. The summed E-state index contributed by atoms with van der Waals surface area (Å²) in [6.07, 6.45) is 0. The molecule has 2 rings (SSSR count). The van der Waals surface area contributed by atoms with Crippen molar-refractivity contribution in [3.63, 3.8) is 0 Å². The molecular formula is C8H14S7. The van der Waals surface area contributed by atoms with Crippen molar-refractivity contribution in [1.82, 2.24) is 0 Å². The molecule has 0 aliphatic carbocycles. The molecule has 15 heavy (non-hydrogen) atoms. The fourth-order valence-electron chi connectivity index (χ4n) is 0.747. The zero-order valence-electron chi connectivity index (χ0n) is 8.26. The van der Waals surface area contributed by atoms with E-state index in [9.17, 15) is 0 Å². The quantitative estimate of drug-likeness (QED) is 0.244. The number of thioether (sulfide) groups is 3. The van der Waals surface area contributed by atoms with Gasteiger partial charge in [-0.05, 0) is 0 Å². The summed E-state index contributed by atoms with van der Waals surface area (Å²) in [4.78, 5) is 0. The summed E-state index contributed by atoms with van der Waals surface area (Å²) in [5.74, 6) is 5.53. The zero-order valence-corrected chi connectivity index (χ0v) is 14.0. The van der Waals surface area contributed by atoms with Crippen molar-refractivity contribution >= 4 is 78.5 Å². The molecule has 0 radical (unpaired) electrons. The summed E-state index contributed by atoms with van der Waals surface area (Å²) in [6, 6.07) is 0. The highest BCUT2D eigenvalue weighted by atomic mass is 33.1. The normalized spacial score (nSPS) is 28.0. The maximum Gasteiger partial charge on any atom is 0.0504 e. The SMILES string of the molecule is C(SCSSCC1CS1)SSCC1CS1. The molecule has 2 fully saturated rings. The molecule has 0 N–H and O–H groups in total. The first-order valence-corrected chi connectivity index (χ1v) is 13.0. The van der Waals surface area contributed by atoms with Crippen molar-refractivity contribution in [3.8, 4) is 0 Å². The lowest BCUT2D eigenvalue weighted by molar-refractivity contribution is 1.28. The molecule has 2 atom stereocenters. The van der Waals surface area contributed by atoms with Crippen molar-refractivity contribution in [2.24, 2.45) is 0 Å². The Balaban J connectivity index is 1.23. The van der Waals surface area contributed by atoms with Gasteiger partial charge in [0.2, 0.25) is 0 Å². The molecule has 88 valence electrons. The van der Waals surface area contributed by atoms with Crippen LogP contribution in [0.2, 0.25) is 0 Å². The van der Waals surface area contributed by atoms with Gasteiger partial charge in [0.15, 0.2) is 0 Å². The van der Waals surface area contributed by atoms with E-state index in [1.54, 1.807) is 0 Å². The van der Waals surface area contributed by atoms with Gasteiger partial charge in [0.05, 0.1) is 10.2 Å². The Labute approximate surface area is 121 Å². The van der Waals surface area contributed by atoms with Gasteiger partial charge >= 0.3 is 0 Å². The summed E-state index contributed by atoms with van der Waals surface area (Å²) in [7, 11) is 8.19. The lowest BCUT2D eigenvalue weighted by atomic mass is 10.6. The van der Waals surface area contributed by atoms with Crippen LogP contribution < -0.4 is 0 Å². The first kappa shape index (κ1) is 13.9. The van der Waals surface area contributed by atoms with Crippen molar-refractivity contribution < 1.29 is 0 Å². The molecule has 0 spiro atoms. The first-order valence-electron chi connectivity index (χ1n) is 4.75. The smallest absolute Gasteiger partial charge is 0.0504 e. The Morgan fingerprint density at radius 1 is 0.800 bits per heavy atom. The van der Waals surface area contributed by atoms with Crippen LogP contribution in [-0.4, -0.2) is 43.7 Å². The molecule has 0 saturated carbocycles. The summed E-state index contributed by atoms with van der Waals surface area (Å²) < 4.78 is 0. The van der Waals surface area contributed by atoms with Crippen LogP contribution in [0.15, 0.2) is 0 Å². The lowest BCUT2D eigenvalue weighted by Gasteiger charge is -2.00. The Kier molecular flexibility index (Phi) is 7.89. The van der Waals surface area contributed by atoms with E-state index in [1.165, 1.54) is 33.2 Å². The summed E-state index contributed by atoms with van der Waals surface area (Å²) in [6.45, 7) is 0. The van der Waals surface area contributed by atoms with E-state index in [0.29, 0.717) is 0 Å². The molecule has 2 unspecified atom stereocenters. The number of rotatable bonds is 10. The molecule has 0 amide bonds. The van der Waals surface area contributed by atoms with E-state index in [0.717, 1.165) is 10.5 Å². The van der Waals surface area contributed by atoms with Gasteiger partial charge in [-0.2, -0.15) is 23.5 Å². The maximum atomic E-state index is 2.10. The monoisotopic (exact) mass is 334 g/mol. The zero-order chi connectivity index (χ0) is 10.3. The van der Waals surface area contributed by atoms with E-state index >= 15 is 0 Å². The molecule has 7 heteroatoms. The predicted octanol–water partition coefficient (Wildman–Crippen LogP) is 4.63. The summed E-state index contributed by atoms with van der Waals surface area (Å²) in [5.41, 5.74) is 0.